The Bertz CT molecular complexity index is 1290. The molecule has 2 nitrogen and oxygen atoms in total. The monoisotopic (exact) mass is 429 g/mol. The van der Waals surface area contributed by atoms with E-state index < -0.39 is 5.60 Å². The van der Waals surface area contributed by atoms with E-state index in [1.807, 2.05) is 42.8 Å². The van der Waals surface area contributed by atoms with E-state index in [-0.39, 0.29) is 16.4 Å². The topological polar surface area (TPSA) is 26.3 Å². The molecule has 4 heteroatoms. The maximum atomic E-state index is 12.8. The molecule has 0 saturated heterocycles. The Morgan fingerprint density at radius 2 is 1.43 bits per heavy atom. The predicted octanol–water partition coefficient (Wildman–Crippen LogP) is 7.88. The second-order valence-corrected chi connectivity index (χ2v) is 10.5. The van der Waals surface area contributed by atoms with Gasteiger partial charge in [-0.15, -0.1) is 0 Å². The van der Waals surface area contributed by atoms with Crippen molar-refractivity contribution < 1.29 is 9.53 Å². The lowest BCUT2D eigenvalue weighted by molar-refractivity contribution is -0.00294. The van der Waals surface area contributed by atoms with Gasteiger partial charge < -0.3 is 4.74 Å². The summed E-state index contributed by atoms with van der Waals surface area (Å²) in [4.78, 5) is 14.0. The van der Waals surface area contributed by atoms with Crippen molar-refractivity contribution >= 4 is 47.9 Å². The minimum atomic E-state index is -0.652. The number of carbonyl (C=O) groups is 1. The maximum absolute atomic E-state index is 12.8. The fourth-order valence-corrected chi connectivity index (χ4v) is 6.98. The summed E-state index contributed by atoms with van der Waals surface area (Å²) in [6.07, 6.45) is 0. The molecule has 0 spiro atoms. The molecule has 0 aliphatic carbocycles. The highest BCUT2D eigenvalue weighted by atomic mass is 32.2. The highest BCUT2D eigenvalue weighted by Crippen LogP contribution is 2.48. The van der Waals surface area contributed by atoms with Gasteiger partial charge in [0.1, 0.15) is 5.60 Å². The highest BCUT2D eigenvalue weighted by molar-refractivity contribution is 7.50. The van der Waals surface area contributed by atoms with E-state index in [1.165, 1.54) is 25.1 Å². The van der Waals surface area contributed by atoms with Crippen LogP contribution >= 0.6 is 21.8 Å². The van der Waals surface area contributed by atoms with Crippen molar-refractivity contribution in [3.63, 3.8) is 0 Å². The van der Waals surface area contributed by atoms with Gasteiger partial charge in [-0.1, -0.05) is 24.3 Å². The van der Waals surface area contributed by atoms with E-state index in [2.05, 4.69) is 60.7 Å². The number of esters is 1. The molecule has 3 aromatic carbocycles. The van der Waals surface area contributed by atoms with Crippen molar-refractivity contribution in [2.24, 2.45) is 0 Å². The first-order valence-electron chi connectivity index (χ1n) is 9.83. The highest BCUT2D eigenvalue weighted by Gasteiger charge is 2.27. The molecule has 2 aromatic heterocycles. The third kappa shape index (κ3) is 3.22. The van der Waals surface area contributed by atoms with Gasteiger partial charge in [0.15, 0.2) is 14.3 Å². The Labute approximate surface area is 182 Å². The predicted molar refractivity (Wildman–Crippen MR) is 128 cm³/mol. The van der Waals surface area contributed by atoms with Crippen LogP contribution in [0.4, 0.5) is 0 Å². The fourth-order valence-electron chi connectivity index (χ4n) is 3.79. The van der Waals surface area contributed by atoms with Crippen LogP contribution in [0.2, 0.25) is 0 Å². The summed E-state index contributed by atoms with van der Waals surface area (Å²) in [5.74, 6) is -0.298. The van der Waals surface area contributed by atoms with Crippen LogP contribution in [0, 0.1) is 0 Å². The Morgan fingerprint density at radius 3 is 2.00 bits per heavy atom. The molecule has 0 saturated carbocycles. The summed E-state index contributed by atoms with van der Waals surface area (Å²) in [5.41, 5.74) is 0.936. The van der Waals surface area contributed by atoms with Crippen LogP contribution < -0.4 is 0 Å². The van der Waals surface area contributed by atoms with Crippen LogP contribution in [0.25, 0.3) is 25.1 Å². The number of thiophene rings is 2. The van der Waals surface area contributed by atoms with Crippen LogP contribution in [0.1, 0.15) is 29.8 Å². The molecule has 5 aromatic rings. The molecule has 0 atom stereocenters. The zero-order valence-corrected chi connectivity index (χ0v) is 18.4. The molecule has 30 heavy (non-hydrogen) atoms. The van der Waals surface area contributed by atoms with Gasteiger partial charge >= 0.3 is 5.97 Å². The minimum Gasteiger partial charge on any atom is -0.451 e. The third-order valence-corrected chi connectivity index (χ3v) is 8.41. The van der Waals surface area contributed by atoms with Gasteiger partial charge in [0.2, 0.25) is 0 Å². The lowest BCUT2D eigenvalue weighted by Crippen LogP contribution is -2.25. The van der Waals surface area contributed by atoms with E-state index in [1.54, 1.807) is 11.3 Å². The van der Waals surface area contributed by atoms with Crippen molar-refractivity contribution in [1.82, 2.24) is 0 Å². The largest absolute Gasteiger partial charge is 0.451 e. The zero-order chi connectivity index (χ0) is 20.7. The van der Waals surface area contributed by atoms with Gasteiger partial charge in [-0.3, -0.25) is 0 Å². The first kappa shape index (κ1) is 19.0. The number of rotatable bonds is 4. The van der Waals surface area contributed by atoms with Crippen molar-refractivity contribution in [3.05, 3.63) is 101 Å². The van der Waals surface area contributed by atoms with Crippen LogP contribution in [-0.4, -0.2) is 5.97 Å². The van der Waals surface area contributed by atoms with Crippen molar-refractivity contribution in [3.8, 4) is 4.90 Å². The molecular weight excluding hydrogens is 408 g/mol. The number of hydrogen-bond donors (Lipinski definition) is 0. The first-order valence-corrected chi connectivity index (χ1v) is 12.0. The number of benzene rings is 3. The first-order chi connectivity index (χ1) is 14.5. The SMILES string of the molecule is CC(C)(OC(=O)c1ccc(-[s+]2c3ccccc3c3ccccc32)cc1)c1ccsc1. The van der Waals surface area contributed by atoms with Gasteiger partial charge in [0, 0.05) is 26.8 Å². The van der Waals surface area contributed by atoms with Gasteiger partial charge in [-0.2, -0.15) is 11.3 Å². The Hall–Kier alpha value is -2.95. The van der Waals surface area contributed by atoms with E-state index in [9.17, 15) is 4.79 Å². The summed E-state index contributed by atoms with van der Waals surface area (Å²) in [7, 11) is -0.156. The molecule has 0 N–H and O–H groups in total. The average Bonchev–Trinajstić information content (AvgIpc) is 3.41. The van der Waals surface area contributed by atoms with Crippen molar-refractivity contribution in [1.29, 1.82) is 0 Å². The van der Waals surface area contributed by atoms with Crippen LogP contribution in [-0.2, 0) is 10.3 Å². The minimum absolute atomic E-state index is 0.156. The van der Waals surface area contributed by atoms with Crippen molar-refractivity contribution in [2.45, 2.75) is 19.4 Å². The number of fused-ring (bicyclic) bond motifs is 3. The second-order valence-electron chi connectivity index (χ2n) is 7.73. The Kier molecular flexibility index (Phi) is 4.69. The number of carbonyl (C=O) groups excluding carboxylic acids is 1. The Balaban J connectivity index is 1.51. The molecular formula is C26H21O2S2+. The van der Waals surface area contributed by atoms with Crippen molar-refractivity contribution in [2.75, 3.05) is 0 Å². The molecule has 0 fully saturated rings. The summed E-state index contributed by atoms with van der Waals surface area (Å²) in [6, 6.07) is 27.1. The molecule has 148 valence electrons. The molecule has 0 amide bonds. The Morgan fingerprint density at radius 1 is 0.833 bits per heavy atom. The number of hydrogen-bond acceptors (Lipinski definition) is 3. The molecule has 2 heterocycles. The van der Waals surface area contributed by atoms with Gasteiger partial charge in [-0.05, 0) is 79.2 Å². The van der Waals surface area contributed by atoms with Crippen LogP contribution in [0.3, 0.4) is 0 Å². The third-order valence-electron chi connectivity index (χ3n) is 5.39. The normalized spacial score (nSPS) is 11.8. The quantitative estimate of drug-likeness (QED) is 0.214. The fraction of sp³-hybridized carbons (Fsp3) is 0.115. The van der Waals surface area contributed by atoms with E-state index in [0.717, 1.165) is 5.56 Å². The summed E-state index contributed by atoms with van der Waals surface area (Å²) >= 11 is 1.60. The van der Waals surface area contributed by atoms with E-state index in [0.29, 0.717) is 5.56 Å². The average molecular weight is 430 g/mol. The van der Waals surface area contributed by atoms with Crippen LogP contribution in [0.15, 0.2) is 89.6 Å². The molecule has 0 bridgehead atoms. The van der Waals surface area contributed by atoms with Gasteiger partial charge in [-0.25, -0.2) is 4.79 Å². The van der Waals surface area contributed by atoms with E-state index >= 15 is 0 Å². The number of ether oxygens (including phenoxy) is 1. The lowest BCUT2D eigenvalue weighted by atomic mass is 10.0. The van der Waals surface area contributed by atoms with Gasteiger partial charge in [0.25, 0.3) is 0 Å². The maximum Gasteiger partial charge on any atom is 0.338 e. The van der Waals surface area contributed by atoms with Crippen LogP contribution in [0.5, 0.6) is 0 Å². The van der Waals surface area contributed by atoms with E-state index in [4.69, 9.17) is 4.74 Å². The summed E-state index contributed by atoms with van der Waals surface area (Å²) < 4.78 is 8.50. The molecule has 0 unspecified atom stereocenters. The summed E-state index contributed by atoms with van der Waals surface area (Å²) in [6.45, 7) is 3.85. The zero-order valence-electron chi connectivity index (χ0n) is 16.8. The lowest BCUT2D eigenvalue weighted by Gasteiger charge is -2.24. The second kappa shape index (κ2) is 7.38. The standard InChI is InChI=1S/C26H21O2S2/c1-26(2,19-15-16-29-17-19)28-25(27)18-11-13-20(14-12-18)30-23-9-5-3-7-21(23)22-8-4-6-10-24(22)30/h3-17H,1-2H3/q+1. The molecule has 5 rings (SSSR count). The molecule has 0 aliphatic rings. The smallest absolute Gasteiger partial charge is 0.338 e. The van der Waals surface area contributed by atoms with Gasteiger partial charge in [0.05, 0.1) is 5.56 Å². The summed E-state index contributed by atoms with van der Waals surface area (Å²) in [5, 5.41) is 6.62. The molecule has 0 aliphatic heterocycles. The molecule has 0 radical (unpaired) electrons.